The molecule has 0 radical (unpaired) electrons. The van der Waals surface area contributed by atoms with E-state index in [1.165, 1.54) is 34.9 Å². The molecule has 1 saturated heterocycles. The van der Waals surface area contributed by atoms with Crippen LogP contribution in [-0.2, 0) is 14.8 Å². The van der Waals surface area contributed by atoms with E-state index in [9.17, 15) is 13.2 Å². The number of thiazole rings is 1. The zero-order valence-corrected chi connectivity index (χ0v) is 19.7. The van der Waals surface area contributed by atoms with Crippen molar-refractivity contribution in [3.8, 4) is 5.75 Å². The summed E-state index contributed by atoms with van der Waals surface area (Å²) >= 11 is 1.44. The molecule has 0 bridgehead atoms. The number of anilines is 1. The fourth-order valence-electron chi connectivity index (χ4n) is 4.19. The van der Waals surface area contributed by atoms with Crippen LogP contribution in [-0.4, -0.2) is 43.8 Å². The molecule has 1 aliphatic rings. The van der Waals surface area contributed by atoms with Crippen molar-refractivity contribution in [2.75, 3.05) is 25.5 Å². The summed E-state index contributed by atoms with van der Waals surface area (Å²) in [5.41, 5.74) is 0.835. The maximum Gasteiger partial charge on any atom is 0.243 e. The van der Waals surface area contributed by atoms with Gasteiger partial charge in [-0.1, -0.05) is 41.7 Å². The average Bonchev–Trinajstić information content (AvgIpc) is 3.27. The summed E-state index contributed by atoms with van der Waals surface area (Å²) in [6, 6.07) is 18.4. The Labute approximate surface area is 196 Å². The van der Waals surface area contributed by atoms with E-state index in [2.05, 4.69) is 10.3 Å². The van der Waals surface area contributed by atoms with Gasteiger partial charge in [0, 0.05) is 18.5 Å². The number of rotatable bonds is 5. The monoisotopic (exact) mass is 481 g/mol. The van der Waals surface area contributed by atoms with Crippen LogP contribution in [0.5, 0.6) is 5.75 Å². The lowest BCUT2D eigenvalue weighted by atomic mass is 9.99. The third-order valence-electron chi connectivity index (χ3n) is 5.96. The van der Waals surface area contributed by atoms with Crippen LogP contribution in [0.25, 0.3) is 21.0 Å². The molecular formula is C24H23N3O4S2. The van der Waals surface area contributed by atoms with Gasteiger partial charge < -0.3 is 10.1 Å². The summed E-state index contributed by atoms with van der Waals surface area (Å²) in [6.07, 6.45) is 1.26. The van der Waals surface area contributed by atoms with Gasteiger partial charge in [-0.05, 0) is 48.6 Å². The van der Waals surface area contributed by atoms with Gasteiger partial charge in [-0.15, -0.1) is 0 Å². The third-order valence-corrected chi connectivity index (χ3v) is 8.86. The highest BCUT2D eigenvalue weighted by molar-refractivity contribution is 7.89. The Morgan fingerprint density at radius 3 is 2.70 bits per heavy atom. The molecule has 0 saturated carbocycles. The van der Waals surface area contributed by atoms with Gasteiger partial charge in [0.15, 0.2) is 5.13 Å². The van der Waals surface area contributed by atoms with Crippen molar-refractivity contribution < 1.29 is 17.9 Å². The number of hydrogen-bond acceptors (Lipinski definition) is 6. The first-order chi connectivity index (χ1) is 16.0. The van der Waals surface area contributed by atoms with Crippen LogP contribution in [0.15, 0.2) is 65.6 Å². The number of carbonyl (C=O) groups is 1. The Morgan fingerprint density at radius 1 is 1.12 bits per heavy atom. The lowest BCUT2D eigenvalue weighted by molar-refractivity contribution is -0.120. The van der Waals surface area contributed by atoms with Crippen molar-refractivity contribution in [2.24, 2.45) is 5.92 Å². The number of nitrogens with zero attached hydrogens (tertiary/aromatic N) is 2. The van der Waals surface area contributed by atoms with Crippen LogP contribution in [0.3, 0.4) is 0 Å². The number of piperidine rings is 1. The minimum atomic E-state index is -3.69. The predicted molar refractivity (Wildman–Crippen MR) is 130 cm³/mol. The van der Waals surface area contributed by atoms with E-state index < -0.39 is 15.9 Å². The minimum Gasteiger partial charge on any atom is -0.497 e. The van der Waals surface area contributed by atoms with E-state index in [0.717, 1.165) is 21.0 Å². The van der Waals surface area contributed by atoms with E-state index in [4.69, 9.17) is 4.74 Å². The number of carbonyl (C=O) groups excluding carboxylic acids is 1. The summed E-state index contributed by atoms with van der Waals surface area (Å²) < 4.78 is 33.7. The van der Waals surface area contributed by atoms with Crippen molar-refractivity contribution >= 4 is 53.4 Å². The largest absolute Gasteiger partial charge is 0.497 e. The summed E-state index contributed by atoms with van der Waals surface area (Å²) in [7, 11) is -2.15. The molecular weight excluding hydrogens is 458 g/mol. The highest BCUT2D eigenvalue weighted by atomic mass is 32.2. The molecule has 2 heterocycles. The Balaban J connectivity index is 1.33. The molecule has 4 aromatic rings. The van der Waals surface area contributed by atoms with Crippen molar-refractivity contribution in [1.29, 1.82) is 0 Å². The molecule has 0 spiro atoms. The minimum absolute atomic E-state index is 0.147. The Morgan fingerprint density at radius 2 is 1.91 bits per heavy atom. The van der Waals surface area contributed by atoms with Gasteiger partial charge in [0.1, 0.15) is 5.75 Å². The molecule has 1 aromatic heterocycles. The number of sulfonamides is 1. The highest BCUT2D eigenvalue weighted by Gasteiger charge is 2.33. The molecule has 1 amide bonds. The van der Waals surface area contributed by atoms with E-state index in [1.807, 2.05) is 36.4 Å². The second-order valence-corrected chi connectivity index (χ2v) is 11.0. The van der Waals surface area contributed by atoms with Gasteiger partial charge in [0.05, 0.1) is 28.1 Å². The Hall–Kier alpha value is -3.01. The first-order valence-electron chi connectivity index (χ1n) is 10.7. The summed E-state index contributed by atoms with van der Waals surface area (Å²) in [4.78, 5) is 17.8. The maximum absolute atomic E-state index is 13.1. The fourth-order valence-corrected chi connectivity index (χ4v) is 6.72. The number of amides is 1. The first-order valence-corrected chi connectivity index (χ1v) is 12.9. The molecule has 170 valence electrons. The number of nitrogens with one attached hydrogen (secondary N) is 1. The molecule has 0 aliphatic carbocycles. The molecule has 33 heavy (non-hydrogen) atoms. The van der Waals surface area contributed by atoms with Gasteiger partial charge in [0.2, 0.25) is 15.9 Å². The number of methoxy groups -OCH3 is 1. The fraction of sp³-hybridized carbons (Fsp3) is 0.250. The van der Waals surface area contributed by atoms with Crippen molar-refractivity contribution in [2.45, 2.75) is 17.7 Å². The SMILES string of the molecule is COc1ccc(S(=O)(=O)N2CCCC(C(=O)Nc3nc4ccc5ccccc5c4s3)C2)cc1. The molecule has 1 fully saturated rings. The molecule has 1 N–H and O–H groups in total. The number of fused-ring (bicyclic) bond motifs is 3. The van der Waals surface area contributed by atoms with E-state index in [1.54, 1.807) is 12.1 Å². The topological polar surface area (TPSA) is 88.6 Å². The second kappa shape index (κ2) is 8.74. The highest BCUT2D eigenvalue weighted by Crippen LogP contribution is 2.33. The van der Waals surface area contributed by atoms with E-state index in [0.29, 0.717) is 30.3 Å². The van der Waals surface area contributed by atoms with Crippen LogP contribution < -0.4 is 10.1 Å². The van der Waals surface area contributed by atoms with Gasteiger partial charge in [-0.2, -0.15) is 4.31 Å². The third kappa shape index (κ3) is 4.19. The van der Waals surface area contributed by atoms with Crippen LogP contribution >= 0.6 is 11.3 Å². The van der Waals surface area contributed by atoms with Gasteiger partial charge in [-0.25, -0.2) is 13.4 Å². The van der Waals surface area contributed by atoms with Crippen molar-refractivity contribution in [3.63, 3.8) is 0 Å². The molecule has 5 rings (SSSR count). The summed E-state index contributed by atoms with van der Waals surface area (Å²) in [6.45, 7) is 0.541. The van der Waals surface area contributed by atoms with Gasteiger partial charge in [0.25, 0.3) is 0 Å². The zero-order chi connectivity index (χ0) is 23.0. The zero-order valence-electron chi connectivity index (χ0n) is 18.0. The standard InChI is InChI=1S/C24H23N3O4S2/c1-31-18-9-11-19(12-10-18)33(29,30)27-14-4-6-17(15-27)23(28)26-24-25-21-13-8-16-5-2-3-7-20(16)22(21)32-24/h2-3,5,7-13,17H,4,6,14-15H2,1H3,(H,25,26,28). The van der Waals surface area contributed by atoms with Crippen LogP contribution in [0, 0.1) is 5.92 Å². The van der Waals surface area contributed by atoms with E-state index in [-0.39, 0.29) is 17.3 Å². The number of benzene rings is 3. The van der Waals surface area contributed by atoms with Crippen molar-refractivity contribution in [3.05, 3.63) is 60.7 Å². The van der Waals surface area contributed by atoms with Crippen LogP contribution in [0.1, 0.15) is 12.8 Å². The normalized spacial score (nSPS) is 17.3. The summed E-state index contributed by atoms with van der Waals surface area (Å²) in [5.74, 6) is -0.0445. The predicted octanol–water partition coefficient (Wildman–Crippen LogP) is 4.50. The van der Waals surface area contributed by atoms with Gasteiger partial charge >= 0.3 is 0 Å². The lowest BCUT2D eigenvalue weighted by Crippen LogP contribution is -2.43. The summed E-state index contributed by atoms with van der Waals surface area (Å²) in [5, 5.41) is 5.68. The lowest BCUT2D eigenvalue weighted by Gasteiger charge is -2.31. The molecule has 9 heteroatoms. The Bertz CT molecular complexity index is 1430. The smallest absolute Gasteiger partial charge is 0.243 e. The molecule has 1 atom stereocenters. The molecule has 7 nitrogen and oxygen atoms in total. The number of hydrogen-bond donors (Lipinski definition) is 1. The van der Waals surface area contributed by atoms with Crippen LogP contribution in [0.4, 0.5) is 5.13 Å². The average molecular weight is 482 g/mol. The molecule has 1 aliphatic heterocycles. The Kier molecular flexibility index (Phi) is 5.77. The van der Waals surface area contributed by atoms with Gasteiger partial charge in [-0.3, -0.25) is 4.79 Å². The number of ether oxygens (including phenoxy) is 1. The van der Waals surface area contributed by atoms with Crippen LogP contribution in [0.2, 0.25) is 0 Å². The molecule has 1 unspecified atom stereocenters. The molecule has 3 aromatic carbocycles. The van der Waals surface area contributed by atoms with E-state index >= 15 is 0 Å². The quantitative estimate of drug-likeness (QED) is 0.454. The second-order valence-electron chi connectivity index (χ2n) is 8.02. The van der Waals surface area contributed by atoms with Crippen molar-refractivity contribution in [1.82, 2.24) is 9.29 Å². The first kappa shape index (κ1) is 21.8. The maximum atomic E-state index is 13.1. The number of aromatic nitrogens is 1.